The monoisotopic (exact) mass is 376 g/mol. The molecule has 0 aliphatic heterocycles. The molecule has 3 rings (SSSR count). The Kier molecular flexibility index (Phi) is 5.93. The third-order valence-electron chi connectivity index (χ3n) is 3.49. The maximum atomic E-state index is 13.2. The van der Waals surface area contributed by atoms with Crippen LogP contribution in [-0.2, 0) is 20.2 Å². The average Bonchev–Trinajstić information content (AvgIpc) is 3.31. The molecule has 1 aromatic carbocycles. The normalized spacial score (nSPS) is 11.6. The van der Waals surface area contributed by atoms with E-state index in [1.165, 1.54) is 0 Å². The molecule has 0 saturated carbocycles. The van der Waals surface area contributed by atoms with Crippen molar-refractivity contribution in [1.82, 2.24) is 4.98 Å². The molecule has 1 N–H and O–H groups in total. The van der Waals surface area contributed by atoms with Crippen LogP contribution in [0.5, 0.6) is 0 Å². The molecule has 2 aromatic heterocycles. The van der Waals surface area contributed by atoms with Gasteiger partial charge in [-0.1, -0.05) is 18.2 Å². The Morgan fingerprint density at radius 2 is 1.81 bits per heavy atom. The first-order chi connectivity index (χ1) is 12.7. The summed E-state index contributed by atoms with van der Waals surface area (Å²) in [7, 11) is -3.61. The minimum atomic E-state index is -3.61. The number of aromatic nitrogens is 1. The maximum Gasteiger partial charge on any atom is 0.385 e. The van der Waals surface area contributed by atoms with E-state index >= 15 is 0 Å². The lowest BCUT2D eigenvalue weighted by molar-refractivity contribution is 0.229. The summed E-state index contributed by atoms with van der Waals surface area (Å²) in [6.07, 6.45) is 1.58. The van der Waals surface area contributed by atoms with Gasteiger partial charge in [0.05, 0.1) is 26.0 Å². The number of hydrogen-bond donors (Lipinski definition) is 1. The zero-order valence-electron chi connectivity index (χ0n) is 14.7. The fourth-order valence-corrected chi connectivity index (χ4v) is 3.98. The number of furan rings is 1. The van der Waals surface area contributed by atoms with E-state index < -0.39 is 7.60 Å². The van der Waals surface area contributed by atoms with Crippen molar-refractivity contribution in [1.29, 1.82) is 0 Å². The predicted octanol–water partition coefficient (Wildman–Crippen LogP) is 4.44. The third-order valence-corrected chi connectivity index (χ3v) is 5.51. The first-order valence-electron chi connectivity index (χ1n) is 8.38. The number of oxazole rings is 1. The van der Waals surface area contributed by atoms with E-state index in [0.29, 0.717) is 18.2 Å². The van der Waals surface area contributed by atoms with Crippen LogP contribution in [0.25, 0.3) is 11.5 Å². The minimum absolute atomic E-state index is 0.131. The predicted molar refractivity (Wildman–Crippen MR) is 98.5 cm³/mol. The molecule has 138 valence electrons. The topological polar surface area (TPSA) is 86.7 Å². The summed E-state index contributed by atoms with van der Waals surface area (Å²) < 4.78 is 35.2. The van der Waals surface area contributed by atoms with Gasteiger partial charge in [-0.2, -0.15) is 4.98 Å². The molecule has 7 nitrogen and oxygen atoms in total. The van der Waals surface area contributed by atoms with Gasteiger partial charge in [0.1, 0.15) is 5.76 Å². The Bertz CT molecular complexity index is 851. The van der Waals surface area contributed by atoms with Crippen molar-refractivity contribution in [2.24, 2.45) is 0 Å². The van der Waals surface area contributed by atoms with Crippen molar-refractivity contribution >= 4 is 18.9 Å². The van der Waals surface area contributed by atoms with Crippen LogP contribution in [0.15, 0.2) is 57.6 Å². The standard InChI is InChI=1S/C18H21N2O5P/c1-3-23-26(21,24-4-2)18-17(19-13-15-11-8-12-22-15)25-16(20-18)14-9-6-5-7-10-14/h5-12,19H,3-4,13H2,1-2H3. The largest absolute Gasteiger partial charge is 0.467 e. The molecule has 0 saturated heterocycles. The molecule has 0 unspecified atom stereocenters. The van der Waals surface area contributed by atoms with Gasteiger partial charge in [-0.05, 0) is 38.1 Å². The van der Waals surface area contributed by atoms with Gasteiger partial charge >= 0.3 is 7.60 Å². The van der Waals surface area contributed by atoms with Crippen molar-refractivity contribution in [2.75, 3.05) is 18.5 Å². The number of nitrogens with one attached hydrogen (secondary N) is 1. The van der Waals surface area contributed by atoms with E-state index in [0.717, 1.165) is 5.56 Å². The molecule has 2 heterocycles. The molecule has 8 heteroatoms. The molecule has 0 aliphatic carbocycles. The van der Waals surface area contributed by atoms with Crippen molar-refractivity contribution in [3.05, 3.63) is 54.5 Å². The fourth-order valence-electron chi connectivity index (χ4n) is 2.40. The molecule has 0 spiro atoms. The average molecular weight is 376 g/mol. The summed E-state index contributed by atoms with van der Waals surface area (Å²) in [4.78, 5) is 4.42. The first kappa shape index (κ1) is 18.5. The number of benzene rings is 1. The molecule has 0 radical (unpaired) electrons. The summed E-state index contributed by atoms with van der Waals surface area (Å²) >= 11 is 0. The van der Waals surface area contributed by atoms with E-state index in [-0.39, 0.29) is 24.5 Å². The van der Waals surface area contributed by atoms with Crippen LogP contribution in [0.2, 0.25) is 0 Å². The Morgan fingerprint density at radius 1 is 1.08 bits per heavy atom. The second kappa shape index (κ2) is 8.36. The molecule has 26 heavy (non-hydrogen) atoms. The molecule has 0 amide bonds. The quantitative estimate of drug-likeness (QED) is 0.553. The first-order valence-corrected chi connectivity index (χ1v) is 9.92. The molecular weight excluding hydrogens is 355 g/mol. The minimum Gasteiger partial charge on any atom is -0.467 e. The van der Waals surface area contributed by atoms with Crippen LogP contribution < -0.4 is 10.8 Å². The van der Waals surface area contributed by atoms with Crippen LogP contribution in [0.1, 0.15) is 19.6 Å². The second-order valence-corrected chi connectivity index (χ2v) is 7.24. The number of anilines is 1. The van der Waals surface area contributed by atoms with E-state index in [4.69, 9.17) is 17.9 Å². The van der Waals surface area contributed by atoms with Gasteiger partial charge in [0, 0.05) is 5.56 Å². The molecule has 0 atom stereocenters. The Morgan fingerprint density at radius 3 is 2.42 bits per heavy atom. The lowest BCUT2D eigenvalue weighted by Crippen LogP contribution is -2.16. The molecular formula is C18H21N2O5P. The maximum absolute atomic E-state index is 13.2. The molecule has 0 bridgehead atoms. The summed E-state index contributed by atoms with van der Waals surface area (Å²) in [5.41, 5.74) is 0.894. The summed E-state index contributed by atoms with van der Waals surface area (Å²) in [5, 5.41) is 3.07. The lowest BCUT2D eigenvalue weighted by Gasteiger charge is -2.15. The molecule has 0 fully saturated rings. The van der Waals surface area contributed by atoms with Crippen LogP contribution in [0, 0.1) is 0 Å². The summed E-state index contributed by atoms with van der Waals surface area (Å²) in [6, 6.07) is 13.0. The summed E-state index contributed by atoms with van der Waals surface area (Å²) in [5.74, 6) is 1.28. The number of nitrogens with zero attached hydrogens (tertiary/aromatic N) is 1. The molecule has 3 aromatic rings. The van der Waals surface area contributed by atoms with E-state index in [9.17, 15) is 4.57 Å². The summed E-state index contributed by atoms with van der Waals surface area (Å²) in [6.45, 7) is 4.30. The highest BCUT2D eigenvalue weighted by atomic mass is 31.2. The Hall–Kier alpha value is -2.34. The van der Waals surface area contributed by atoms with Gasteiger partial charge in [0.2, 0.25) is 17.2 Å². The van der Waals surface area contributed by atoms with Crippen LogP contribution in [0.4, 0.5) is 5.88 Å². The Labute approximate surface area is 151 Å². The van der Waals surface area contributed by atoms with Crippen molar-refractivity contribution < 1.29 is 22.4 Å². The van der Waals surface area contributed by atoms with E-state index in [2.05, 4.69) is 10.3 Å². The zero-order chi connectivity index (χ0) is 18.4. The van der Waals surface area contributed by atoms with Crippen LogP contribution in [0.3, 0.4) is 0 Å². The highest BCUT2D eigenvalue weighted by Crippen LogP contribution is 2.49. The third kappa shape index (κ3) is 4.07. The van der Waals surface area contributed by atoms with Gasteiger partial charge in [-0.15, -0.1) is 0 Å². The Balaban J connectivity index is 1.98. The van der Waals surface area contributed by atoms with Gasteiger partial charge < -0.3 is 23.2 Å². The van der Waals surface area contributed by atoms with Gasteiger partial charge in [0.25, 0.3) is 0 Å². The smallest absolute Gasteiger partial charge is 0.385 e. The fraction of sp³-hybridized carbons (Fsp3) is 0.278. The van der Waals surface area contributed by atoms with Crippen LogP contribution >= 0.6 is 7.60 Å². The van der Waals surface area contributed by atoms with Gasteiger partial charge in [-0.3, -0.25) is 4.57 Å². The van der Waals surface area contributed by atoms with Gasteiger partial charge in [0.15, 0.2) is 0 Å². The van der Waals surface area contributed by atoms with Crippen molar-refractivity contribution in [3.63, 3.8) is 0 Å². The lowest BCUT2D eigenvalue weighted by atomic mass is 10.2. The van der Waals surface area contributed by atoms with E-state index in [1.54, 1.807) is 26.2 Å². The van der Waals surface area contributed by atoms with Crippen LogP contribution in [-0.4, -0.2) is 18.2 Å². The second-order valence-electron chi connectivity index (χ2n) is 5.30. The van der Waals surface area contributed by atoms with Crippen molar-refractivity contribution in [2.45, 2.75) is 20.4 Å². The van der Waals surface area contributed by atoms with Gasteiger partial charge in [-0.25, -0.2) is 0 Å². The van der Waals surface area contributed by atoms with E-state index in [1.807, 2.05) is 36.4 Å². The highest BCUT2D eigenvalue weighted by molar-refractivity contribution is 7.62. The molecule has 0 aliphatic rings. The number of hydrogen-bond acceptors (Lipinski definition) is 7. The number of rotatable bonds is 9. The highest BCUT2D eigenvalue weighted by Gasteiger charge is 2.35. The SMILES string of the molecule is CCOP(=O)(OCC)c1nc(-c2ccccc2)oc1NCc1ccco1. The zero-order valence-corrected chi connectivity index (χ0v) is 15.6. The van der Waals surface area contributed by atoms with Crippen molar-refractivity contribution in [3.8, 4) is 11.5 Å².